The number of nitrogens with zero attached hydrogens (tertiary/aromatic N) is 1. The van der Waals surface area contributed by atoms with Crippen molar-refractivity contribution in [3.8, 4) is 11.5 Å². The van der Waals surface area contributed by atoms with Crippen molar-refractivity contribution in [1.29, 1.82) is 0 Å². The second-order valence-electron chi connectivity index (χ2n) is 5.00. The van der Waals surface area contributed by atoms with Gasteiger partial charge in [-0.2, -0.15) is 0 Å². The van der Waals surface area contributed by atoms with Crippen molar-refractivity contribution < 1.29 is 9.53 Å². The number of carbonyl (C=O) groups is 1. The number of hydrogen-bond donors (Lipinski definition) is 1. The van der Waals surface area contributed by atoms with Crippen LogP contribution in [0, 0.1) is 0 Å². The third-order valence-corrected chi connectivity index (χ3v) is 4.91. The van der Waals surface area contributed by atoms with E-state index in [1.54, 1.807) is 48.5 Å². The standard InChI is InChI=1S/C16H13Cl5N2O2/c1-23(14(18)16(19,20)21)15(24)22-11-4-8-13(9-5-11)25-12-6-2-10(17)3-7-12/h2-9,14H,1H3,(H,22,24). The zero-order chi connectivity index (χ0) is 18.6. The molecule has 0 aliphatic rings. The molecule has 0 bridgehead atoms. The Hall–Kier alpha value is -1.04. The molecule has 4 nitrogen and oxygen atoms in total. The fraction of sp³-hybridized carbons (Fsp3) is 0.188. The quantitative estimate of drug-likeness (QED) is 0.432. The van der Waals surface area contributed by atoms with Crippen molar-refractivity contribution in [2.45, 2.75) is 9.29 Å². The van der Waals surface area contributed by atoms with E-state index < -0.39 is 15.3 Å². The van der Waals surface area contributed by atoms with Crippen LogP contribution in [0.2, 0.25) is 5.02 Å². The van der Waals surface area contributed by atoms with Crippen LogP contribution in [0.15, 0.2) is 48.5 Å². The number of amides is 2. The van der Waals surface area contributed by atoms with Gasteiger partial charge in [0.05, 0.1) is 0 Å². The third-order valence-electron chi connectivity index (χ3n) is 3.09. The Bertz CT molecular complexity index is 717. The van der Waals surface area contributed by atoms with Crippen molar-refractivity contribution in [2.24, 2.45) is 0 Å². The first kappa shape index (κ1) is 20.3. The first-order valence-electron chi connectivity index (χ1n) is 6.95. The van der Waals surface area contributed by atoms with Crippen LogP contribution in [-0.2, 0) is 0 Å². The number of nitrogens with one attached hydrogen (secondary N) is 1. The number of hydrogen-bond acceptors (Lipinski definition) is 2. The highest BCUT2D eigenvalue weighted by Crippen LogP contribution is 2.35. The zero-order valence-electron chi connectivity index (χ0n) is 12.8. The summed E-state index contributed by atoms with van der Waals surface area (Å²) in [6.07, 6.45) is 0. The molecule has 0 aromatic heterocycles. The van der Waals surface area contributed by atoms with Crippen molar-refractivity contribution in [3.05, 3.63) is 53.6 Å². The van der Waals surface area contributed by atoms with Gasteiger partial charge in [-0.1, -0.05) is 58.0 Å². The fourth-order valence-corrected chi connectivity index (χ4v) is 2.43. The summed E-state index contributed by atoms with van der Waals surface area (Å²) in [6.45, 7) is 0. The predicted molar refractivity (Wildman–Crippen MR) is 105 cm³/mol. The molecule has 2 amide bonds. The first-order valence-corrected chi connectivity index (χ1v) is 8.90. The Morgan fingerprint density at radius 3 is 2.00 bits per heavy atom. The van der Waals surface area contributed by atoms with Crippen molar-refractivity contribution in [2.75, 3.05) is 12.4 Å². The van der Waals surface area contributed by atoms with E-state index in [-0.39, 0.29) is 0 Å². The lowest BCUT2D eigenvalue weighted by atomic mass is 10.3. The second kappa shape index (κ2) is 8.56. The second-order valence-corrected chi connectivity index (χ2v) is 8.22. The summed E-state index contributed by atoms with van der Waals surface area (Å²) < 4.78 is 3.87. The Kier molecular flexibility index (Phi) is 6.94. The van der Waals surface area contributed by atoms with Crippen molar-refractivity contribution in [1.82, 2.24) is 4.90 Å². The highest BCUT2D eigenvalue weighted by atomic mass is 35.6. The summed E-state index contributed by atoms with van der Waals surface area (Å²) in [5.74, 6) is 1.25. The maximum atomic E-state index is 12.1. The van der Waals surface area contributed by atoms with Gasteiger partial charge in [-0.05, 0) is 48.5 Å². The monoisotopic (exact) mass is 440 g/mol. The normalized spacial score (nSPS) is 12.4. The van der Waals surface area contributed by atoms with Crippen LogP contribution in [0.5, 0.6) is 11.5 Å². The van der Waals surface area contributed by atoms with Crippen LogP contribution in [0.3, 0.4) is 0 Å². The lowest BCUT2D eigenvalue weighted by Gasteiger charge is -2.28. The number of rotatable bonds is 4. The maximum Gasteiger partial charge on any atom is 0.322 e. The summed E-state index contributed by atoms with van der Waals surface area (Å²) in [5.41, 5.74) is -0.585. The molecule has 0 radical (unpaired) electrons. The third kappa shape index (κ3) is 6.01. The van der Waals surface area contributed by atoms with Crippen molar-refractivity contribution >= 4 is 69.7 Å². The van der Waals surface area contributed by atoms with Crippen LogP contribution in [0.25, 0.3) is 0 Å². The molecule has 1 atom stereocenters. The lowest BCUT2D eigenvalue weighted by Crippen LogP contribution is -2.43. The van der Waals surface area contributed by atoms with E-state index in [0.717, 1.165) is 4.90 Å². The van der Waals surface area contributed by atoms with Gasteiger partial charge >= 0.3 is 6.03 Å². The van der Waals surface area contributed by atoms with Gasteiger partial charge in [-0.25, -0.2) is 4.79 Å². The number of anilines is 1. The fourth-order valence-electron chi connectivity index (χ4n) is 1.78. The molecule has 0 saturated carbocycles. The Balaban J connectivity index is 1.98. The minimum Gasteiger partial charge on any atom is -0.457 e. The number of benzene rings is 2. The molecule has 134 valence electrons. The number of urea groups is 1. The molecule has 2 rings (SSSR count). The SMILES string of the molecule is CN(C(=O)Nc1ccc(Oc2ccc(Cl)cc2)cc1)C(Cl)C(Cl)(Cl)Cl. The molecule has 0 aliphatic carbocycles. The Morgan fingerprint density at radius 1 is 1.04 bits per heavy atom. The van der Waals surface area contributed by atoms with Crippen LogP contribution >= 0.6 is 58.0 Å². The highest BCUT2D eigenvalue weighted by molar-refractivity contribution is 6.70. The van der Waals surface area contributed by atoms with Crippen LogP contribution < -0.4 is 10.1 Å². The topological polar surface area (TPSA) is 41.6 Å². The smallest absolute Gasteiger partial charge is 0.322 e. The molecule has 0 saturated heterocycles. The van der Waals surface area contributed by atoms with Gasteiger partial charge in [-0.15, -0.1) is 0 Å². The maximum absolute atomic E-state index is 12.1. The van der Waals surface area contributed by atoms with E-state index in [1.165, 1.54) is 7.05 Å². The average Bonchev–Trinajstić information content (AvgIpc) is 2.56. The zero-order valence-corrected chi connectivity index (χ0v) is 16.6. The average molecular weight is 443 g/mol. The van der Waals surface area contributed by atoms with Gasteiger partial charge in [0, 0.05) is 17.8 Å². The summed E-state index contributed by atoms with van der Waals surface area (Å²) in [5, 5.41) is 3.27. The van der Waals surface area contributed by atoms with E-state index in [0.29, 0.717) is 22.2 Å². The number of carbonyl (C=O) groups excluding carboxylic acids is 1. The minimum absolute atomic E-state index is 0.516. The highest BCUT2D eigenvalue weighted by Gasteiger charge is 2.36. The molecule has 0 spiro atoms. The van der Waals surface area contributed by atoms with E-state index in [1.807, 2.05) is 0 Å². The number of halogens is 5. The largest absolute Gasteiger partial charge is 0.457 e. The van der Waals surface area contributed by atoms with Gasteiger partial charge in [0.15, 0.2) is 5.50 Å². The van der Waals surface area contributed by atoms with Gasteiger partial charge in [-0.3, -0.25) is 0 Å². The molecule has 0 aliphatic heterocycles. The van der Waals surface area contributed by atoms with Crippen molar-refractivity contribution in [3.63, 3.8) is 0 Å². The molecule has 1 N–H and O–H groups in total. The van der Waals surface area contributed by atoms with Gasteiger partial charge in [0.1, 0.15) is 11.5 Å². The van der Waals surface area contributed by atoms with E-state index in [4.69, 9.17) is 62.7 Å². The van der Waals surface area contributed by atoms with E-state index >= 15 is 0 Å². The number of alkyl halides is 4. The molecule has 0 heterocycles. The Morgan fingerprint density at radius 2 is 1.52 bits per heavy atom. The summed E-state index contributed by atoms with van der Waals surface area (Å²) in [4.78, 5) is 13.2. The molecule has 1 unspecified atom stereocenters. The molecule has 0 fully saturated rings. The van der Waals surface area contributed by atoms with Gasteiger partial charge in [0.25, 0.3) is 0 Å². The summed E-state index contributed by atoms with van der Waals surface area (Å²) >= 11 is 28.8. The molecule has 2 aromatic carbocycles. The van der Waals surface area contributed by atoms with Crippen LogP contribution in [-0.4, -0.2) is 27.3 Å². The molecular formula is C16H13Cl5N2O2. The minimum atomic E-state index is -1.80. The Labute approximate surface area is 170 Å². The summed E-state index contributed by atoms with van der Waals surface area (Å²) in [6, 6.07) is 13.2. The first-order chi connectivity index (χ1) is 11.7. The summed E-state index contributed by atoms with van der Waals surface area (Å²) in [7, 11) is 1.42. The van der Waals surface area contributed by atoms with Gasteiger partial charge < -0.3 is 15.0 Å². The predicted octanol–water partition coefficient (Wildman–Crippen LogP) is 6.53. The number of ether oxygens (including phenoxy) is 1. The van der Waals surface area contributed by atoms with Gasteiger partial charge in [0.2, 0.25) is 3.79 Å². The molecule has 9 heteroatoms. The molecular weight excluding hydrogens is 429 g/mol. The van der Waals surface area contributed by atoms with E-state index in [2.05, 4.69) is 5.32 Å². The molecule has 25 heavy (non-hydrogen) atoms. The lowest BCUT2D eigenvalue weighted by molar-refractivity contribution is 0.218. The van der Waals surface area contributed by atoms with E-state index in [9.17, 15) is 4.79 Å². The van der Waals surface area contributed by atoms with Crippen LogP contribution in [0.1, 0.15) is 0 Å². The van der Waals surface area contributed by atoms with Crippen LogP contribution in [0.4, 0.5) is 10.5 Å². The molecule has 2 aromatic rings.